The van der Waals surface area contributed by atoms with E-state index in [1.165, 1.54) is 0 Å². The Hall–Kier alpha value is -3.03. The summed E-state index contributed by atoms with van der Waals surface area (Å²) < 4.78 is 19.4. The fourth-order valence-electron chi connectivity index (χ4n) is 4.23. The van der Waals surface area contributed by atoms with Crippen molar-refractivity contribution in [1.82, 2.24) is 14.5 Å². The first-order chi connectivity index (χ1) is 16.1. The number of piperidine rings is 1. The number of imidazole rings is 1. The van der Waals surface area contributed by atoms with E-state index in [-0.39, 0.29) is 0 Å². The van der Waals surface area contributed by atoms with Crippen LogP contribution in [0.15, 0.2) is 67.3 Å². The standard InChI is InChI=1S/C26H33N3O4/c1-31-25-17-22(9-10-24(25)32-16-6-14-28-15-12-27-21-28)18-29-13-5-11-26(30,19-29)20-33-23-7-3-2-4-8-23/h2-4,7-10,12,15,17,21,30H,5-6,11,13-14,16,18-20H2,1H3/t26-/m0/s1. The highest BCUT2D eigenvalue weighted by Gasteiger charge is 2.34. The van der Waals surface area contributed by atoms with E-state index in [0.717, 1.165) is 61.7 Å². The second-order valence-corrected chi connectivity index (χ2v) is 8.63. The number of aliphatic hydroxyl groups is 1. The van der Waals surface area contributed by atoms with E-state index in [2.05, 4.69) is 16.0 Å². The summed E-state index contributed by atoms with van der Waals surface area (Å²) in [6.07, 6.45) is 8.10. The molecule has 1 aromatic heterocycles. The molecule has 1 atom stereocenters. The number of rotatable bonds is 11. The van der Waals surface area contributed by atoms with Crippen LogP contribution in [0.4, 0.5) is 0 Å². The monoisotopic (exact) mass is 451 g/mol. The zero-order valence-corrected chi connectivity index (χ0v) is 19.2. The fourth-order valence-corrected chi connectivity index (χ4v) is 4.23. The Bertz CT molecular complexity index is 980. The maximum atomic E-state index is 11.1. The molecule has 7 heteroatoms. The van der Waals surface area contributed by atoms with Gasteiger partial charge in [0.25, 0.3) is 0 Å². The topological polar surface area (TPSA) is 69.0 Å². The minimum Gasteiger partial charge on any atom is -0.493 e. The molecule has 0 saturated carbocycles. The van der Waals surface area contributed by atoms with Crippen molar-refractivity contribution in [2.45, 2.75) is 38.0 Å². The van der Waals surface area contributed by atoms with Crippen LogP contribution in [-0.4, -0.2) is 58.6 Å². The SMILES string of the molecule is COc1cc(CN2CCC[C@@](O)(COc3ccccc3)C2)ccc1OCCCn1ccnc1. The first-order valence-corrected chi connectivity index (χ1v) is 11.5. The molecule has 3 aromatic rings. The number of methoxy groups -OCH3 is 1. The molecule has 33 heavy (non-hydrogen) atoms. The Morgan fingerprint density at radius 2 is 1.97 bits per heavy atom. The maximum absolute atomic E-state index is 11.1. The zero-order chi connectivity index (χ0) is 22.9. The van der Waals surface area contributed by atoms with Gasteiger partial charge in [-0.05, 0) is 55.6 Å². The van der Waals surface area contributed by atoms with Crippen LogP contribution in [-0.2, 0) is 13.1 Å². The summed E-state index contributed by atoms with van der Waals surface area (Å²) in [7, 11) is 1.66. The number of benzene rings is 2. The van der Waals surface area contributed by atoms with Crippen LogP contribution < -0.4 is 14.2 Å². The third-order valence-electron chi connectivity index (χ3n) is 5.90. The summed E-state index contributed by atoms with van der Waals surface area (Å²) in [5, 5.41) is 11.1. The van der Waals surface area contributed by atoms with Crippen molar-refractivity contribution in [3.05, 3.63) is 72.8 Å². The first kappa shape index (κ1) is 23.1. The molecule has 1 fully saturated rings. The molecule has 1 aliphatic rings. The number of likely N-dealkylation sites (tertiary alicyclic amines) is 1. The van der Waals surface area contributed by atoms with Crippen LogP contribution in [0.1, 0.15) is 24.8 Å². The molecule has 4 rings (SSSR count). The molecule has 0 amide bonds. The largest absolute Gasteiger partial charge is 0.493 e. The minimum absolute atomic E-state index is 0.294. The van der Waals surface area contributed by atoms with E-state index < -0.39 is 5.60 Å². The third-order valence-corrected chi connectivity index (χ3v) is 5.90. The van der Waals surface area contributed by atoms with Crippen molar-refractivity contribution in [3.63, 3.8) is 0 Å². The van der Waals surface area contributed by atoms with Crippen LogP contribution in [0.25, 0.3) is 0 Å². The normalized spacial score (nSPS) is 18.7. The van der Waals surface area contributed by atoms with Gasteiger partial charge in [0, 0.05) is 32.0 Å². The lowest BCUT2D eigenvalue weighted by Crippen LogP contribution is -2.51. The number of aromatic nitrogens is 2. The molecule has 1 saturated heterocycles. The molecule has 176 valence electrons. The van der Waals surface area contributed by atoms with Gasteiger partial charge in [-0.3, -0.25) is 4.90 Å². The number of β-amino-alcohol motifs (C(OH)–C–C–N with tert-alkyl or cyclic N) is 1. The summed E-state index contributed by atoms with van der Waals surface area (Å²) in [6, 6.07) is 15.7. The highest BCUT2D eigenvalue weighted by atomic mass is 16.5. The molecule has 2 heterocycles. The predicted octanol–water partition coefficient (Wildman–Crippen LogP) is 3.77. The number of nitrogens with zero attached hydrogens (tertiary/aromatic N) is 3. The van der Waals surface area contributed by atoms with Crippen LogP contribution in [0.5, 0.6) is 17.2 Å². The highest BCUT2D eigenvalue weighted by molar-refractivity contribution is 5.43. The van der Waals surface area contributed by atoms with E-state index >= 15 is 0 Å². The van der Waals surface area contributed by atoms with E-state index in [4.69, 9.17) is 14.2 Å². The fraction of sp³-hybridized carbons (Fsp3) is 0.423. The van der Waals surface area contributed by atoms with E-state index in [1.807, 2.05) is 59.6 Å². The molecule has 0 spiro atoms. The Labute approximate surface area is 195 Å². The molecule has 0 radical (unpaired) electrons. The number of aryl methyl sites for hydroxylation is 1. The lowest BCUT2D eigenvalue weighted by molar-refractivity contribution is -0.0621. The summed E-state index contributed by atoms with van der Waals surface area (Å²) in [6.45, 7) is 4.03. The van der Waals surface area contributed by atoms with Gasteiger partial charge in [-0.1, -0.05) is 24.3 Å². The zero-order valence-electron chi connectivity index (χ0n) is 19.2. The van der Waals surface area contributed by atoms with Crippen molar-refractivity contribution in [1.29, 1.82) is 0 Å². The molecular weight excluding hydrogens is 418 g/mol. The van der Waals surface area contributed by atoms with Gasteiger partial charge in [-0.25, -0.2) is 4.98 Å². The van der Waals surface area contributed by atoms with Gasteiger partial charge in [-0.2, -0.15) is 0 Å². The molecule has 1 aliphatic heterocycles. The minimum atomic E-state index is -0.851. The second-order valence-electron chi connectivity index (χ2n) is 8.63. The van der Waals surface area contributed by atoms with Crippen molar-refractivity contribution in [3.8, 4) is 17.2 Å². The number of hydrogen-bond acceptors (Lipinski definition) is 6. The van der Waals surface area contributed by atoms with Crippen LogP contribution >= 0.6 is 0 Å². The predicted molar refractivity (Wildman–Crippen MR) is 127 cm³/mol. The molecular formula is C26H33N3O4. The number of ether oxygens (including phenoxy) is 3. The second kappa shape index (κ2) is 11.2. The Kier molecular flexibility index (Phi) is 7.86. The Morgan fingerprint density at radius 3 is 2.76 bits per heavy atom. The average Bonchev–Trinajstić information content (AvgIpc) is 3.36. The van der Waals surface area contributed by atoms with Crippen molar-refractivity contribution in [2.75, 3.05) is 33.4 Å². The van der Waals surface area contributed by atoms with Gasteiger partial charge < -0.3 is 23.9 Å². The molecule has 0 aliphatic carbocycles. The van der Waals surface area contributed by atoms with Gasteiger partial charge in [0.15, 0.2) is 11.5 Å². The van der Waals surface area contributed by atoms with E-state index in [1.54, 1.807) is 13.3 Å². The lowest BCUT2D eigenvalue weighted by atomic mass is 9.93. The summed E-state index contributed by atoms with van der Waals surface area (Å²) in [4.78, 5) is 6.33. The lowest BCUT2D eigenvalue weighted by Gasteiger charge is -2.39. The summed E-state index contributed by atoms with van der Waals surface area (Å²) in [5.41, 5.74) is 0.280. The number of para-hydroxylation sites is 1. The Balaban J connectivity index is 1.29. The van der Waals surface area contributed by atoms with Crippen LogP contribution in [0, 0.1) is 0 Å². The quantitative estimate of drug-likeness (QED) is 0.448. The number of hydrogen-bond donors (Lipinski definition) is 1. The van der Waals surface area contributed by atoms with Gasteiger partial charge >= 0.3 is 0 Å². The maximum Gasteiger partial charge on any atom is 0.161 e. The van der Waals surface area contributed by atoms with Crippen molar-refractivity contribution in [2.24, 2.45) is 0 Å². The molecule has 7 nitrogen and oxygen atoms in total. The molecule has 1 N–H and O–H groups in total. The van der Waals surface area contributed by atoms with E-state index in [0.29, 0.717) is 19.8 Å². The summed E-state index contributed by atoms with van der Waals surface area (Å²) in [5.74, 6) is 2.27. The Morgan fingerprint density at radius 1 is 1.09 bits per heavy atom. The van der Waals surface area contributed by atoms with Gasteiger partial charge in [0.1, 0.15) is 18.0 Å². The van der Waals surface area contributed by atoms with Gasteiger partial charge in [-0.15, -0.1) is 0 Å². The van der Waals surface area contributed by atoms with Gasteiger partial charge in [0.05, 0.1) is 20.0 Å². The highest BCUT2D eigenvalue weighted by Crippen LogP contribution is 2.30. The summed E-state index contributed by atoms with van der Waals surface area (Å²) >= 11 is 0. The third kappa shape index (κ3) is 6.73. The van der Waals surface area contributed by atoms with Crippen molar-refractivity contribution >= 4 is 0 Å². The molecule has 2 aromatic carbocycles. The van der Waals surface area contributed by atoms with Crippen LogP contribution in [0.3, 0.4) is 0 Å². The van der Waals surface area contributed by atoms with Gasteiger partial charge in [0.2, 0.25) is 0 Å². The van der Waals surface area contributed by atoms with E-state index in [9.17, 15) is 5.11 Å². The molecule has 0 unspecified atom stereocenters. The first-order valence-electron chi connectivity index (χ1n) is 11.5. The smallest absolute Gasteiger partial charge is 0.161 e. The van der Waals surface area contributed by atoms with Crippen LogP contribution in [0.2, 0.25) is 0 Å². The van der Waals surface area contributed by atoms with Crippen molar-refractivity contribution < 1.29 is 19.3 Å². The average molecular weight is 452 g/mol. The molecule has 0 bridgehead atoms.